The molecule has 0 aliphatic carbocycles. The number of amides is 1. The molecule has 1 N–H and O–H groups in total. The van der Waals surface area contributed by atoms with E-state index in [1.54, 1.807) is 4.90 Å². The Balaban J connectivity index is 1.71. The van der Waals surface area contributed by atoms with E-state index in [4.69, 9.17) is 4.74 Å². The molecular weight excluding hydrogens is 356 g/mol. The Labute approximate surface area is 165 Å². The fourth-order valence-corrected chi connectivity index (χ4v) is 3.46. The second-order valence-corrected chi connectivity index (χ2v) is 8.36. The molecule has 0 saturated carbocycles. The highest BCUT2D eigenvalue weighted by Crippen LogP contribution is 2.22. The van der Waals surface area contributed by atoms with Crippen LogP contribution in [0.5, 0.6) is 0 Å². The second kappa shape index (κ2) is 7.91. The van der Waals surface area contributed by atoms with Gasteiger partial charge in [0.2, 0.25) is 0 Å². The molecule has 0 bridgehead atoms. The van der Waals surface area contributed by atoms with Crippen molar-refractivity contribution in [3.8, 4) is 0 Å². The van der Waals surface area contributed by atoms with Gasteiger partial charge in [-0.25, -0.2) is 4.79 Å². The van der Waals surface area contributed by atoms with E-state index in [2.05, 4.69) is 21.8 Å². The number of hydrogen-bond acceptors (Lipinski definition) is 5. The summed E-state index contributed by atoms with van der Waals surface area (Å²) < 4.78 is 5.45. The van der Waals surface area contributed by atoms with Crippen LogP contribution in [0.25, 0.3) is 11.0 Å². The molecule has 1 aliphatic heterocycles. The summed E-state index contributed by atoms with van der Waals surface area (Å²) in [6.07, 6.45) is 2.46. The number of nitrogens with zero attached hydrogens (tertiary/aromatic N) is 3. The van der Waals surface area contributed by atoms with Crippen LogP contribution >= 0.6 is 0 Å². The summed E-state index contributed by atoms with van der Waals surface area (Å²) >= 11 is 0. The molecule has 152 valence electrons. The number of nitrogens with one attached hydrogen (secondary N) is 1. The lowest BCUT2D eigenvalue weighted by atomic mass is 10.1. The number of ether oxygens (including phenoxy) is 1. The topological polar surface area (TPSA) is 78.5 Å². The van der Waals surface area contributed by atoms with E-state index < -0.39 is 5.60 Å². The zero-order valence-corrected chi connectivity index (χ0v) is 17.4. The predicted octanol–water partition coefficient (Wildman–Crippen LogP) is 3.10. The van der Waals surface area contributed by atoms with Crippen molar-refractivity contribution in [1.29, 1.82) is 0 Å². The average molecular weight is 386 g/mol. The first-order chi connectivity index (χ1) is 13.2. The van der Waals surface area contributed by atoms with Crippen LogP contribution in [0.4, 0.5) is 4.79 Å². The van der Waals surface area contributed by atoms with Crippen molar-refractivity contribution in [3.05, 3.63) is 39.8 Å². The third-order valence-corrected chi connectivity index (χ3v) is 5.15. The first-order valence-electron chi connectivity index (χ1n) is 9.92. The Hall–Kier alpha value is -2.41. The average Bonchev–Trinajstić information content (AvgIpc) is 2.65. The fourth-order valence-electron chi connectivity index (χ4n) is 3.46. The highest BCUT2D eigenvalue weighted by Gasteiger charge is 2.28. The molecule has 7 heteroatoms. The Bertz CT molecular complexity index is 908. The van der Waals surface area contributed by atoms with Gasteiger partial charge in [0, 0.05) is 44.0 Å². The van der Waals surface area contributed by atoms with Gasteiger partial charge in [-0.1, -0.05) is 6.92 Å². The van der Waals surface area contributed by atoms with Crippen molar-refractivity contribution in [1.82, 2.24) is 19.8 Å². The summed E-state index contributed by atoms with van der Waals surface area (Å²) in [5.41, 5.74) is 2.80. The van der Waals surface area contributed by atoms with Crippen LogP contribution in [0, 0.1) is 0 Å². The lowest BCUT2D eigenvalue weighted by Gasteiger charge is -2.38. The third-order valence-electron chi connectivity index (χ3n) is 5.15. The number of aromatic amines is 1. The van der Waals surface area contributed by atoms with E-state index in [1.165, 1.54) is 0 Å². The van der Waals surface area contributed by atoms with Crippen LogP contribution in [0.1, 0.15) is 51.8 Å². The maximum absolute atomic E-state index is 12.7. The molecule has 1 amide bonds. The summed E-state index contributed by atoms with van der Waals surface area (Å²) in [6.45, 7) is 12.3. The number of pyridine rings is 2. The molecule has 0 aromatic carbocycles. The molecule has 28 heavy (non-hydrogen) atoms. The monoisotopic (exact) mass is 386 g/mol. The van der Waals surface area contributed by atoms with Crippen molar-refractivity contribution < 1.29 is 9.53 Å². The van der Waals surface area contributed by atoms with Gasteiger partial charge in [-0.3, -0.25) is 14.7 Å². The van der Waals surface area contributed by atoms with Gasteiger partial charge >= 0.3 is 6.09 Å². The first-order valence-corrected chi connectivity index (χ1v) is 9.92. The van der Waals surface area contributed by atoms with E-state index in [0.29, 0.717) is 31.7 Å². The zero-order chi connectivity index (χ0) is 20.5. The Morgan fingerprint density at radius 1 is 1.25 bits per heavy atom. The van der Waals surface area contributed by atoms with Gasteiger partial charge in [-0.05, 0) is 51.8 Å². The number of hydrogen-bond donors (Lipinski definition) is 1. The predicted molar refractivity (Wildman–Crippen MR) is 110 cm³/mol. The Kier molecular flexibility index (Phi) is 5.74. The summed E-state index contributed by atoms with van der Waals surface area (Å²) in [4.78, 5) is 36.3. The molecule has 1 atom stereocenters. The first kappa shape index (κ1) is 20.3. The number of carbonyl (C=O) groups excluding carboxylic acids is 1. The van der Waals surface area contributed by atoms with Crippen molar-refractivity contribution >= 4 is 17.1 Å². The highest BCUT2D eigenvalue weighted by atomic mass is 16.6. The van der Waals surface area contributed by atoms with Gasteiger partial charge in [-0.15, -0.1) is 0 Å². The minimum atomic E-state index is -0.495. The number of H-pyrrole nitrogens is 1. The number of carbonyl (C=O) groups is 1. The van der Waals surface area contributed by atoms with Crippen LogP contribution in [0.3, 0.4) is 0 Å². The Morgan fingerprint density at radius 2 is 1.93 bits per heavy atom. The zero-order valence-electron chi connectivity index (χ0n) is 17.4. The van der Waals surface area contributed by atoms with E-state index in [0.717, 1.165) is 23.0 Å². The summed E-state index contributed by atoms with van der Waals surface area (Å²) in [7, 11) is 0. The second-order valence-electron chi connectivity index (χ2n) is 8.36. The van der Waals surface area contributed by atoms with Crippen LogP contribution in [0.2, 0.25) is 0 Å². The lowest BCUT2D eigenvalue weighted by molar-refractivity contribution is 0.0110. The fraction of sp³-hybridized carbons (Fsp3) is 0.571. The van der Waals surface area contributed by atoms with Gasteiger partial charge in [0.05, 0.1) is 11.0 Å². The Morgan fingerprint density at radius 3 is 2.54 bits per heavy atom. The number of piperazine rings is 1. The normalized spacial score (nSPS) is 17.0. The number of aromatic nitrogens is 2. The van der Waals surface area contributed by atoms with Gasteiger partial charge in [0.1, 0.15) is 5.60 Å². The number of aryl methyl sites for hydroxylation is 1. The minimum Gasteiger partial charge on any atom is -0.444 e. The summed E-state index contributed by atoms with van der Waals surface area (Å²) in [5, 5.41) is 0. The molecule has 1 aliphatic rings. The number of rotatable bonds is 3. The van der Waals surface area contributed by atoms with Crippen molar-refractivity contribution in [2.45, 2.75) is 52.7 Å². The third kappa shape index (κ3) is 4.52. The van der Waals surface area contributed by atoms with E-state index in [-0.39, 0.29) is 17.7 Å². The maximum Gasteiger partial charge on any atom is 0.410 e. The van der Waals surface area contributed by atoms with Gasteiger partial charge in [-0.2, -0.15) is 0 Å². The molecule has 0 radical (unpaired) electrons. The van der Waals surface area contributed by atoms with Crippen LogP contribution < -0.4 is 5.56 Å². The van der Waals surface area contributed by atoms with Crippen LogP contribution in [-0.2, 0) is 11.2 Å². The lowest BCUT2D eigenvalue weighted by Crippen LogP contribution is -2.50. The smallest absolute Gasteiger partial charge is 0.410 e. The van der Waals surface area contributed by atoms with Crippen LogP contribution in [0.15, 0.2) is 23.1 Å². The minimum absolute atomic E-state index is 0.0541. The van der Waals surface area contributed by atoms with Crippen molar-refractivity contribution in [2.75, 3.05) is 26.2 Å². The van der Waals surface area contributed by atoms with E-state index in [9.17, 15) is 9.59 Å². The van der Waals surface area contributed by atoms with Crippen molar-refractivity contribution in [2.24, 2.45) is 0 Å². The van der Waals surface area contributed by atoms with Gasteiger partial charge in [0.25, 0.3) is 5.56 Å². The molecule has 3 heterocycles. The molecule has 3 rings (SSSR count). The van der Waals surface area contributed by atoms with Gasteiger partial charge in [0.15, 0.2) is 0 Å². The van der Waals surface area contributed by atoms with E-state index in [1.807, 2.05) is 46.0 Å². The largest absolute Gasteiger partial charge is 0.444 e. The SMILES string of the molecule is CCc1cnc2cc(C(C)N3CCN(C(=O)OC(C)(C)C)CC3)c(=O)[nH]c2c1. The molecule has 0 spiro atoms. The molecular formula is C21H30N4O3. The quantitative estimate of drug-likeness (QED) is 0.877. The van der Waals surface area contributed by atoms with Gasteiger partial charge < -0.3 is 14.6 Å². The molecule has 2 aromatic rings. The maximum atomic E-state index is 12.7. The summed E-state index contributed by atoms with van der Waals surface area (Å²) in [5.74, 6) is 0. The molecule has 7 nitrogen and oxygen atoms in total. The molecule has 2 aromatic heterocycles. The standard InChI is InChI=1S/C21H30N4O3/c1-6-15-11-18-17(22-13-15)12-16(19(26)23-18)14(2)24-7-9-25(10-8-24)20(27)28-21(3,4)5/h11-14H,6-10H2,1-5H3,(H,23,26). The van der Waals surface area contributed by atoms with E-state index >= 15 is 0 Å². The molecule has 1 unspecified atom stereocenters. The summed E-state index contributed by atoms with van der Waals surface area (Å²) in [6, 6.07) is 3.82. The number of fused-ring (bicyclic) bond motifs is 1. The van der Waals surface area contributed by atoms with Crippen molar-refractivity contribution in [3.63, 3.8) is 0 Å². The molecule has 1 fully saturated rings. The highest BCUT2D eigenvalue weighted by molar-refractivity contribution is 5.75. The van der Waals surface area contributed by atoms with Crippen LogP contribution in [-0.4, -0.2) is 57.6 Å². The molecule has 1 saturated heterocycles.